The minimum Gasteiger partial charge on any atom is -0.423 e. The lowest BCUT2D eigenvalue weighted by Gasteiger charge is -2.27. The van der Waals surface area contributed by atoms with E-state index < -0.39 is 7.12 Å². The molecule has 2 N–H and O–H groups in total. The SMILES string of the molecule is COC1CCC(c2ccc(B(O)O)cc2)CC1. The van der Waals surface area contributed by atoms with Gasteiger partial charge in [0.1, 0.15) is 0 Å². The summed E-state index contributed by atoms with van der Waals surface area (Å²) in [5, 5.41) is 18.1. The molecule has 1 aromatic rings. The van der Waals surface area contributed by atoms with E-state index in [-0.39, 0.29) is 0 Å². The van der Waals surface area contributed by atoms with Crippen LogP contribution in [-0.2, 0) is 4.74 Å². The second-order valence-electron chi connectivity index (χ2n) is 4.75. The molecule has 0 radical (unpaired) electrons. The molecule has 1 aromatic carbocycles. The molecular formula is C13H19BO3. The third-order valence-corrected chi connectivity index (χ3v) is 3.71. The van der Waals surface area contributed by atoms with Crippen molar-refractivity contribution < 1.29 is 14.8 Å². The van der Waals surface area contributed by atoms with Crippen molar-refractivity contribution in [1.82, 2.24) is 0 Å². The van der Waals surface area contributed by atoms with Crippen LogP contribution in [0.25, 0.3) is 0 Å². The summed E-state index contributed by atoms with van der Waals surface area (Å²) in [6.07, 6.45) is 4.96. The smallest absolute Gasteiger partial charge is 0.423 e. The molecule has 0 unspecified atom stereocenters. The van der Waals surface area contributed by atoms with E-state index in [1.165, 1.54) is 5.56 Å². The van der Waals surface area contributed by atoms with Crippen LogP contribution < -0.4 is 5.46 Å². The molecule has 0 atom stereocenters. The van der Waals surface area contributed by atoms with E-state index in [4.69, 9.17) is 14.8 Å². The fraction of sp³-hybridized carbons (Fsp3) is 0.538. The van der Waals surface area contributed by atoms with E-state index in [2.05, 4.69) is 0 Å². The summed E-state index contributed by atoms with van der Waals surface area (Å²) in [5.74, 6) is 0.589. The van der Waals surface area contributed by atoms with Crippen molar-refractivity contribution >= 4 is 12.6 Å². The second-order valence-corrected chi connectivity index (χ2v) is 4.75. The van der Waals surface area contributed by atoms with E-state index in [1.54, 1.807) is 19.2 Å². The van der Waals surface area contributed by atoms with Crippen molar-refractivity contribution in [1.29, 1.82) is 0 Å². The van der Waals surface area contributed by atoms with Gasteiger partial charge >= 0.3 is 7.12 Å². The van der Waals surface area contributed by atoms with Crippen LogP contribution in [0.4, 0.5) is 0 Å². The van der Waals surface area contributed by atoms with Gasteiger partial charge in [0.15, 0.2) is 0 Å². The van der Waals surface area contributed by atoms with Crippen molar-refractivity contribution in [2.24, 2.45) is 0 Å². The molecule has 1 fully saturated rings. The van der Waals surface area contributed by atoms with Gasteiger partial charge in [-0.05, 0) is 42.6 Å². The highest BCUT2D eigenvalue weighted by Gasteiger charge is 2.22. The number of rotatable bonds is 3. The predicted molar refractivity (Wildman–Crippen MR) is 68.3 cm³/mol. The molecule has 1 aliphatic carbocycles. The van der Waals surface area contributed by atoms with Crippen molar-refractivity contribution in [2.75, 3.05) is 7.11 Å². The first-order valence-electron chi connectivity index (χ1n) is 6.19. The monoisotopic (exact) mass is 234 g/mol. The normalized spacial score (nSPS) is 24.6. The molecule has 0 bridgehead atoms. The van der Waals surface area contributed by atoms with Gasteiger partial charge in [-0.15, -0.1) is 0 Å². The van der Waals surface area contributed by atoms with Gasteiger partial charge in [0.2, 0.25) is 0 Å². The molecule has 0 amide bonds. The zero-order valence-corrected chi connectivity index (χ0v) is 10.2. The van der Waals surface area contributed by atoms with Gasteiger partial charge in [0.25, 0.3) is 0 Å². The van der Waals surface area contributed by atoms with Gasteiger partial charge in [-0.25, -0.2) is 0 Å². The molecule has 92 valence electrons. The van der Waals surface area contributed by atoms with E-state index in [0.717, 1.165) is 25.7 Å². The summed E-state index contributed by atoms with van der Waals surface area (Å²) in [4.78, 5) is 0. The molecule has 0 aliphatic heterocycles. The topological polar surface area (TPSA) is 49.7 Å². The summed E-state index contributed by atoms with van der Waals surface area (Å²) in [5.41, 5.74) is 1.85. The van der Waals surface area contributed by atoms with E-state index in [1.807, 2.05) is 12.1 Å². The summed E-state index contributed by atoms with van der Waals surface area (Å²) < 4.78 is 5.36. The first-order valence-corrected chi connectivity index (χ1v) is 6.19. The highest BCUT2D eigenvalue weighted by atomic mass is 16.5. The average molecular weight is 234 g/mol. The number of hydrogen-bond donors (Lipinski definition) is 2. The first kappa shape index (κ1) is 12.6. The number of benzene rings is 1. The molecular weight excluding hydrogens is 215 g/mol. The Kier molecular flexibility index (Phi) is 4.21. The van der Waals surface area contributed by atoms with Crippen LogP contribution in [0.5, 0.6) is 0 Å². The van der Waals surface area contributed by atoms with Crippen molar-refractivity contribution in [3.63, 3.8) is 0 Å². The summed E-state index contributed by atoms with van der Waals surface area (Å²) in [6, 6.07) is 7.60. The molecule has 4 heteroatoms. The van der Waals surface area contributed by atoms with Gasteiger partial charge in [-0.3, -0.25) is 0 Å². The molecule has 0 spiro atoms. The highest BCUT2D eigenvalue weighted by Crippen LogP contribution is 2.33. The number of methoxy groups -OCH3 is 1. The van der Waals surface area contributed by atoms with Gasteiger partial charge < -0.3 is 14.8 Å². The van der Waals surface area contributed by atoms with Crippen LogP contribution in [0.1, 0.15) is 37.2 Å². The summed E-state index contributed by atoms with van der Waals surface area (Å²) >= 11 is 0. The lowest BCUT2D eigenvalue weighted by molar-refractivity contribution is 0.0659. The van der Waals surface area contributed by atoms with Crippen LogP contribution in [0.2, 0.25) is 0 Å². The zero-order chi connectivity index (χ0) is 12.3. The third-order valence-electron chi connectivity index (χ3n) is 3.71. The van der Waals surface area contributed by atoms with Gasteiger partial charge in [-0.2, -0.15) is 0 Å². The Bertz CT molecular complexity index is 342. The van der Waals surface area contributed by atoms with E-state index in [0.29, 0.717) is 17.5 Å². The Balaban J connectivity index is 1.99. The van der Waals surface area contributed by atoms with Crippen LogP contribution in [0.3, 0.4) is 0 Å². The molecule has 0 saturated heterocycles. The minimum atomic E-state index is -1.37. The summed E-state index contributed by atoms with van der Waals surface area (Å²) in [6.45, 7) is 0. The van der Waals surface area contributed by atoms with Gasteiger partial charge in [-0.1, -0.05) is 24.3 Å². The Morgan fingerprint density at radius 2 is 1.65 bits per heavy atom. The van der Waals surface area contributed by atoms with Crippen LogP contribution in [0, 0.1) is 0 Å². The van der Waals surface area contributed by atoms with Crippen LogP contribution in [0.15, 0.2) is 24.3 Å². The Morgan fingerprint density at radius 1 is 1.06 bits per heavy atom. The Labute approximate surface area is 103 Å². The zero-order valence-electron chi connectivity index (χ0n) is 10.2. The minimum absolute atomic E-state index is 0.421. The molecule has 1 aliphatic rings. The van der Waals surface area contributed by atoms with Crippen molar-refractivity contribution in [2.45, 2.75) is 37.7 Å². The van der Waals surface area contributed by atoms with Crippen molar-refractivity contribution in [3.8, 4) is 0 Å². The molecule has 2 rings (SSSR count). The Hall–Kier alpha value is -0.835. The average Bonchev–Trinajstić information content (AvgIpc) is 2.39. The maximum absolute atomic E-state index is 9.03. The molecule has 1 saturated carbocycles. The van der Waals surface area contributed by atoms with Crippen LogP contribution >= 0.6 is 0 Å². The fourth-order valence-electron chi connectivity index (χ4n) is 2.57. The van der Waals surface area contributed by atoms with Crippen molar-refractivity contribution in [3.05, 3.63) is 29.8 Å². The first-order chi connectivity index (χ1) is 8.20. The maximum atomic E-state index is 9.03. The standard InChI is InChI=1S/C13H19BO3/c1-17-13-8-4-11(5-9-13)10-2-6-12(7-3-10)14(15)16/h2-3,6-7,11,13,15-16H,4-5,8-9H2,1H3. The third kappa shape index (κ3) is 3.09. The van der Waals surface area contributed by atoms with E-state index >= 15 is 0 Å². The molecule has 17 heavy (non-hydrogen) atoms. The number of ether oxygens (including phenoxy) is 1. The largest absolute Gasteiger partial charge is 0.488 e. The van der Waals surface area contributed by atoms with E-state index in [9.17, 15) is 0 Å². The lowest BCUT2D eigenvalue weighted by atomic mass is 9.77. The number of hydrogen-bond acceptors (Lipinski definition) is 3. The fourth-order valence-corrected chi connectivity index (χ4v) is 2.57. The maximum Gasteiger partial charge on any atom is 0.488 e. The molecule has 3 nitrogen and oxygen atoms in total. The second kappa shape index (κ2) is 5.67. The Morgan fingerprint density at radius 3 is 2.12 bits per heavy atom. The highest BCUT2D eigenvalue weighted by molar-refractivity contribution is 6.58. The summed E-state index contributed by atoms with van der Waals surface area (Å²) in [7, 11) is 0.413. The molecule has 0 aromatic heterocycles. The quantitative estimate of drug-likeness (QED) is 0.768. The lowest BCUT2D eigenvalue weighted by Crippen LogP contribution is -2.29. The van der Waals surface area contributed by atoms with Gasteiger partial charge in [0.05, 0.1) is 6.10 Å². The van der Waals surface area contributed by atoms with Gasteiger partial charge in [0, 0.05) is 7.11 Å². The molecule has 0 heterocycles. The van der Waals surface area contributed by atoms with Crippen LogP contribution in [-0.4, -0.2) is 30.4 Å². The predicted octanol–water partition coefficient (Wildman–Crippen LogP) is 1.04.